The highest BCUT2D eigenvalue weighted by molar-refractivity contribution is 7.11. The Morgan fingerprint density at radius 1 is 1.11 bits per heavy atom. The number of carbonyl (C=O) groups is 2. The summed E-state index contributed by atoms with van der Waals surface area (Å²) in [5.41, 5.74) is 0. The first-order valence-electron chi connectivity index (χ1n) is 10.7. The number of morpholine rings is 1. The van der Waals surface area contributed by atoms with Crippen LogP contribution in [0.15, 0.2) is 30.9 Å². The van der Waals surface area contributed by atoms with Gasteiger partial charge < -0.3 is 19.5 Å². The average molecular weight is 546 g/mol. The van der Waals surface area contributed by atoms with E-state index in [1.807, 2.05) is 23.9 Å². The van der Waals surface area contributed by atoms with E-state index >= 15 is 0 Å². The van der Waals surface area contributed by atoms with E-state index in [0.717, 1.165) is 26.2 Å². The van der Waals surface area contributed by atoms with Gasteiger partial charge in [-0.25, -0.2) is 14.6 Å². The fourth-order valence-corrected chi connectivity index (χ4v) is 4.88. The number of hydrogen-bond acceptors (Lipinski definition) is 6. The van der Waals surface area contributed by atoms with Crippen molar-refractivity contribution in [3.05, 3.63) is 40.6 Å². The molecule has 8 nitrogen and oxygen atoms in total. The highest BCUT2D eigenvalue weighted by atomic mass is 32.1. The van der Waals surface area contributed by atoms with Crippen molar-refractivity contribution in [2.75, 3.05) is 13.2 Å². The van der Waals surface area contributed by atoms with Gasteiger partial charge in [0.2, 0.25) is 0 Å². The number of carboxylic acids is 2. The molecule has 3 atom stereocenters. The second-order valence-corrected chi connectivity index (χ2v) is 9.46. The molecule has 15 heteroatoms. The van der Waals surface area contributed by atoms with Crippen LogP contribution in [0.25, 0.3) is 0 Å². The largest absolute Gasteiger partial charge is 0.490 e. The quantitative estimate of drug-likeness (QED) is 0.555. The predicted octanol–water partition coefficient (Wildman–Crippen LogP) is 4.20. The fraction of sp³-hybridized carbons (Fsp3) is 0.571. The summed E-state index contributed by atoms with van der Waals surface area (Å²) < 4.78 is 71.8. The van der Waals surface area contributed by atoms with E-state index in [0.29, 0.717) is 18.1 Å². The third-order valence-corrected chi connectivity index (χ3v) is 6.46. The fourth-order valence-electron chi connectivity index (χ4n) is 3.96. The van der Waals surface area contributed by atoms with Crippen LogP contribution in [0.2, 0.25) is 0 Å². The standard InChI is InChI=1S/C17H23N3OS.2C2HF3O2/c1-13-2-4-15(22-13)11-20-8-9-21-17-14(3-5-16(17)20)10-19-7-6-18-12-19;2*3-2(4,5)1(6)7/h2,4,6-7,12,14,16-17H,3,5,8-11H2,1H3;2*(H,6,7). The van der Waals surface area contributed by atoms with E-state index in [1.54, 1.807) is 0 Å². The van der Waals surface area contributed by atoms with Gasteiger partial charge in [0.05, 0.1) is 19.0 Å². The Morgan fingerprint density at radius 2 is 1.72 bits per heavy atom. The number of fused-ring (bicyclic) bond motifs is 1. The SMILES string of the molecule is Cc1ccc(CN2CCOC3C(Cn4ccnc4)CCC32)s1.O=C(O)C(F)(F)F.O=C(O)C(F)(F)F. The molecule has 2 aliphatic rings. The molecule has 3 unspecified atom stereocenters. The Balaban J connectivity index is 0.000000271. The number of rotatable bonds is 4. The van der Waals surface area contributed by atoms with Crippen molar-refractivity contribution in [2.45, 2.75) is 57.4 Å². The molecule has 36 heavy (non-hydrogen) atoms. The molecule has 0 aromatic carbocycles. The number of aryl methyl sites for hydroxylation is 1. The Labute approximate surface area is 206 Å². The summed E-state index contributed by atoms with van der Waals surface area (Å²) in [5.74, 6) is -4.90. The average Bonchev–Trinajstić information content (AvgIpc) is 3.51. The number of hydrogen-bond donors (Lipinski definition) is 2. The summed E-state index contributed by atoms with van der Waals surface area (Å²) in [5, 5.41) is 14.2. The molecule has 0 amide bonds. The van der Waals surface area contributed by atoms with Gasteiger partial charge in [-0.1, -0.05) is 0 Å². The van der Waals surface area contributed by atoms with Gasteiger partial charge in [-0.2, -0.15) is 26.3 Å². The second kappa shape index (κ2) is 12.5. The van der Waals surface area contributed by atoms with Gasteiger partial charge in [-0.05, 0) is 31.9 Å². The molecule has 0 radical (unpaired) electrons. The molecule has 1 saturated carbocycles. The maximum Gasteiger partial charge on any atom is 0.490 e. The van der Waals surface area contributed by atoms with Crippen molar-refractivity contribution in [3.63, 3.8) is 0 Å². The highest BCUT2D eigenvalue weighted by Gasteiger charge is 2.42. The summed E-state index contributed by atoms with van der Waals surface area (Å²) >= 11 is 1.93. The van der Waals surface area contributed by atoms with Crippen LogP contribution in [0.5, 0.6) is 0 Å². The Bertz CT molecular complexity index is 956. The van der Waals surface area contributed by atoms with Crippen molar-refractivity contribution >= 4 is 23.3 Å². The maximum absolute atomic E-state index is 10.6. The molecule has 2 aromatic rings. The molecule has 1 aliphatic carbocycles. The minimum Gasteiger partial charge on any atom is -0.475 e. The van der Waals surface area contributed by atoms with E-state index < -0.39 is 24.3 Å². The van der Waals surface area contributed by atoms with Crippen molar-refractivity contribution in [1.82, 2.24) is 14.5 Å². The molecule has 0 spiro atoms. The van der Waals surface area contributed by atoms with Crippen LogP contribution in [0.3, 0.4) is 0 Å². The van der Waals surface area contributed by atoms with Gasteiger partial charge in [0.15, 0.2) is 0 Å². The first-order valence-corrected chi connectivity index (χ1v) is 11.5. The van der Waals surface area contributed by atoms with Gasteiger partial charge in [0.1, 0.15) is 0 Å². The summed E-state index contributed by atoms with van der Waals surface area (Å²) in [6.45, 7) is 6.24. The van der Waals surface area contributed by atoms with Gasteiger partial charge in [0, 0.05) is 53.7 Å². The van der Waals surface area contributed by atoms with Crippen LogP contribution in [0.1, 0.15) is 22.6 Å². The van der Waals surface area contributed by atoms with Crippen LogP contribution >= 0.6 is 11.3 Å². The van der Waals surface area contributed by atoms with Crippen LogP contribution in [0, 0.1) is 12.8 Å². The van der Waals surface area contributed by atoms with Crippen LogP contribution < -0.4 is 0 Å². The van der Waals surface area contributed by atoms with Crippen LogP contribution in [-0.2, 0) is 27.4 Å². The van der Waals surface area contributed by atoms with E-state index in [2.05, 4.69) is 39.7 Å². The predicted molar refractivity (Wildman–Crippen MR) is 115 cm³/mol. The number of aromatic nitrogens is 2. The lowest BCUT2D eigenvalue weighted by Gasteiger charge is -2.39. The minimum absolute atomic E-state index is 0.386. The van der Waals surface area contributed by atoms with Gasteiger partial charge in [-0.15, -0.1) is 11.3 Å². The lowest BCUT2D eigenvalue weighted by Crippen LogP contribution is -2.50. The van der Waals surface area contributed by atoms with E-state index in [4.69, 9.17) is 24.5 Å². The number of nitrogens with zero attached hydrogens (tertiary/aromatic N) is 3. The van der Waals surface area contributed by atoms with E-state index in [1.165, 1.54) is 22.6 Å². The summed E-state index contributed by atoms with van der Waals surface area (Å²) in [6, 6.07) is 5.10. The van der Waals surface area contributed by atoms with E-state index in [-0.39, 0.29) is 0 Å². The molecule has 2 aromatic heterocycles. The lowest BCUT2D eigenvalue weighted by molar-refractivity contribution is -0.193. The molecule has 4 rings (SSSR count). The Morgan fingerprint density at radius 3 is 2.19 bits per heavy atom. The molecule has 0 bridgehead atoms. The highest BCUT2D eigenvalue weighted by Crippen LogP contribution is 2.36. The molecule has 202 valence electrons. The van der Waals surface area contributed by atoms with Crippen molar-refractivity contribution in [3.8, 4) is 0 Å². The number of halogens is 6. The van der Waals surface area contributed by atoms with Crippen LogP contribution in [-0.4, -0.2) is 74.3 Å². The Hall–Kier alpha value is -2.65. The second-order valence-electron chi connectivity index (χ2n) is 8.09. The smallest absolute Gasteiger partial charge is 0.475 e. The van der Waals surface area contributed by atoms with Crippen molar-refractivity contribution < 1.29 is 50.9 Å². The molecule has 3 heterocycles. The first-order chi connectivity index (χ1) is 16.7. The Kier molecular flexibility index (Phi) is 10.3. The van der Waals surface area contributed by atoms with Crippen molar-refractivity contribution in [1.29, 1.82) is 0 Å². The topological polar surface area (TPSA) is 105 Å². The molecule has 1 aliphatic heterocycles. The van der Waals surface area contributed by atoms with Crippen molar-refractivity contribution in [2.24, 2.45) is 5.92 Å². The zero-order valence-corrected chi connectivity index (χ0v) is 19.8. The number of imidazole rings is 1. The van der Waals surface area contributed by atoms with Gasteiger partial charge in [0.25, 0.3) is 0 Å². The van der Waals surface area contributed by atoms with E-state index in [9.17, 15) is 26.3 Å². The summed E-state index contributed by atoms with van der Waals surface area (Å²) in [6.07, 6.45) is -1.43. The molecular formula is C21H25F6N3O5S. The molecular weight excluding hydrogens is 520 g/mol. The number of thiophene rings is 1. The minimum atomic E-state index is -5.08. The third kappa shape index (κ3) is 9.09. The summed E-state index contributed by atoms with van der Waals surface area (Å²) in [7, 11) is 0. The van der Waals surface area contributed by atoms with Crippen LogP contribution in [0.4, 0.5) is 26.3 Å². The number of aliphatic carboxylic acids is 2. The zero-order valence-electron chi connectivity index (χ0n) is 19.0. The molecule has 2 N–H and O–H groups in total. The maximum atomic E-state index is 10.6. The molecule has 2 fully saturated rings. The molecule has 1 saturated heterocycles. The number of carboxylic acid groups (broad SMARTS) is 2. The third-order valence-electron chi connectivity index (χ3n) is 5.48. The monoisotopic (exact) mass is 545 g/mol. The normalized spacial score (nSPS) is 22.0. The van der Waals surface area contributed by atoms with Gasteiger partial charge >= 0.3 is 24.3 Å². The summed E-state index contributed by atoms with van der Waals surface area (Å²) in [4.78, 5) is 27.5. The first kappa shape index (κ1) is 29.6. The zero-order chi connectivity index (χ0) is 27.1. The number of alkyl halides is 6. The number of ether oxygens (including phenoxy) is 1. The van der Waals surface area contributed by atoms with Gasteiger partial charge in [-0.3, -0.25) is 4.90 Å². The lowest BCUT2D eigenvalue weighted by atomic mass is 10.0.